The van der Waals surface area contributed by atoms with Crippen LogP contribution < -0.4 is 10.6 Å². The number of hydrogen-bond acceptors (Lipinski definition) is 7. The fourth-order valence-corrected chi connectivity index (χ4v) is 3.09. The number of nitrogens with zero attached hydrogens (tertiary/aromatic N) is 4. The molecule has 1 heterocycles. The van der Waals surface area contributed by atoms with Crippen molar-refractivity contribution < 1.29 is 14.7 Å². The highest BCUT2D eigenvalue weighted by Gasteiger charge is 2.29. The standard InChI is InChI=1S/C22H26N6O3/c1-3-17(22(31)28(2)8-9-29)26-18-10-15(6-7-16(18)11-23)19-12-25-20(13-24-19)27-21(30)14-4-5-14/h6-7,10,12-14,17,26,29H,3-5,8-9H2,1-2H3,(H,25,27,30). The van der Waals surface area contributed by atoms with E-state index >= 15 is 0 Å². The molecule has 1 saturated carbocycles. The third kappa shape index (κ3) is 5.55. The van der Waals surface area contributed by atoms with Crippen molar-refractivity contribution in [1.29, 1.82) is 5.26 Å². The molecule has 0 bridgehead atoms. The van der Waals surface area contributed by atoms with Crippen LogP contribution >= 0.6 is 0 Å². The zero-order valence-electron chi connectivity index (χ0n) is 17.6. The largest absolute Gasteiger partial charge is 0.395 e. The molecule has 1 fully saturated rings. The number of aliphatic hydroxyl groups excluding tert-OH is 1. The Hall–Kier alpha value is -3.51. The van der Waals surface area contributed by atoms with Crippen molar-refractivity contribution in [3.8, 4) is 17.3 Å². The second-order valence-corrected chi connectivity index (χ2v) is 7.51. The van der Waals surface area contributed by atoms with E-state index in [1.165, 1.54) is 11.1 Å². The monoisotopic (exact) mass is 422 g/mol. The van der Waals surface area contributed by atoms with E-state index in [0.717, 1.165) is 18.4 Å². The number of rotatable bonds is 9. The van der Waals surface area contributed by atoms with Gasteiger partial charge in [-0.1, -0.05) is 13.0 Å². The molecule has 1 unspecified atom stereocenters. The van der Waals surface area contributed by atoms with E-state index in [1.54, 1.807) is 31.4 Å². The quantitative estimate of drug-likeness (QED) is 0.563. The summed E-state index contributed by atoms with van der Waals surface area (Å²) in [6.07, 6.45) is 5.40. The van der Waals surface area contributed by atoms with E-state index in [4.69, 9.17) is 5.11 Å². The Labute approximate surface area is 181 Å². The number of amides is 2. The summed E-state index contributed by atoms with van der Waals surface area (Å²) in [4.78, 5) is 34.6. The molecule has 3 N–H and O–H groups in total. The maximum atomic E-state index is 12.6. The van der Waals surface area contributed by atoms with Gasteiger partial charge in [0.05, 0.1) is 35.9 Å². The molecular formula is C22H26N6O3. The van der Waals surface area contributed by atoms with Crippen LogP contribution in [0, 0.1) is 17.2 Å². The lowest BCUT2D eigenvalue weighted by Gasteiger charge is -2.24. The van der Waals surface area contributed by atoms with Gasteiger partial charge in [-0.15, -0.1) is 0 Å². The highest BCUT2D eigenvalue weighted by atomic mass is 16.3. The van der Waals surface area contributed by atoms with Gasteiger partial charge in [0.1, 0.15) is 12.1 Å². The first-order valence-electron chi connectivity index (χ1n) is 10.3. The first-order chi connectivity index (χ1) is 15.0. The van der Waals surface area contributed by atoms with Crippen LogP contribution in [-0.2, 0) is 9.59 Å². The van der Waals surface area contributed by atoms with Crippen LogP contribution in [0.25, 0.3) is 11.3 Å². The Morgan fingerprint density at radius 3 is 2.68 bits per heavy atom. The SMILES string of the molecule is CCC(Nc1cc(-c2cnc(NC(=O)C3CC3)cn2)ccc1C#N)C(=O)N(C)CCO. The first-order valence-corrected chi connectivity index (χ1v) is 10.3. The number of aromatic nitrogens is 2. The van der Waals surface area contributed by atoms with Crippen molar-refractivity contribution in [1.82, 2.24) is 14.9 Å². The fourth-order valence-electron chi connectivity index (χ4n) is 3.09. The van der Waals surface area contributed by atoms with E-state index < -0.39 is 6.04 Å². The van der Waals surface area contributed by atoms with Crippen molar-refractivity contribution in [2.75, 3.05) is 30.8 Å². The van der Waals surface area contributed by atoms with E-state index in [0.29, 0.717) is 29.2 Å². The maximum Gasteiger partial charge on any atom is 0.244 e. The molecule has 0 aliphatic heterocycles. The smallest absolute Gasteiger partial charge is 0.244 e. The first kappa shape index (κ1) is 22.2. The summed E-state index contributed by atoms with van der Waals surface area (Å²) in [6.45, 7) is 1.99. The summed E-state index contributed by atoms with van der Waals surface area (Å²) < 4.78 is 0. The Bertz CT molecular complexity index is 982. The molecule has 3 rings (SSSR count). The molecule has 9 nitrogen and oxygen atoms in total. The molecule has 1 aliphatic rings. The Balaban J connectivity index is 1.78. The van der Waals surface area contributed by atoms with Crippen LogP contribution in [0.4, 0.5) is 11.5 Å². The van der Waals surface area contributed by atoms with Gasteiger partial charge < -0.3 is 20.6 Å². The van der Waals surface area contributed by atoms with Crippen molar-refractivity contribution in [2.24, 2.45) is 5.92 Å². The van der Waals surface area contributed by atoms with Gasteiger partial charge in [-0.2, -0.15) is 5.26 Å². The van der Waals surface area contributed by atoms with Crippen LogP contribution in [0.3, 0.4) is 0 Å². The number of carbonyl (C=O) groups is 2. The lowest BCUT2D eigenvalue weighted by Crippen LogP contribution is -2.41. The number of anilines is 2. The molecule has 1 aliphatic carbocycles. The molecule has 0 radical (unpaired) electrons. The number of nitrogens with one attached hydrogen (secondary N) is 2. The predicted molar refractivity (Wildman–Crippen MR) is 116 cm³/mol. The van der Waals surface area contributed by atoms with Gasteiger partial charge in [0.2, 0.25) is 11.8 Å². The Morgan fingerprint density at radius 2 is 2.10 bits per heavy atom. The molecule has 31 heavy (non-hydrogen) atoms. The molecule has 0 spiro atoms. The van der Waals surface area contributed by atoms with Crippen LogP contribution in [0.5, 0.6) is 0 Å². The minimum Gasteiger partial charge on any atom is -0.395 e. The molecule has 2 aromatic rings. The Morgan fingerprint density at radius 1 is 1.32 bits per heavy atom. The van der Waals surface area contributed by atoms with Crippen molar-refractivity contribution in [3.63, 3.8) is 0 Å². The molecule has 1 atom stereocenters. The van der Waals surface area contributed by atoms with Crippen LogP contribution in [0.1, 0.15) is 31.7 Å². The average Bonchev–Trinajstić information content (AvgIpc) is 3.63. The number of likely N-dealkylation sites (N-methyl/N-ethyl adjacent to an activating group) is 1. The van der Waals surface area contributed by atoms with Crippen molar-refractivity contribution in [2.45, 2.75) is 32.2 Å². The lowest BCUT2D eigenvalue weighted by atomic mass is 10.1. The normalized spacial score (nSPS) is 13.7. The summed E-state index contributed by atoms with van der Waals surface area (Å²) in [5.74, 6) is 0.283. The van der Waals surface area contributed by atoms with E-state index in [2.05, 4.69) is 26.7 Å². The van der Waals surface area contributed by atoms with Gasteiger partial charge in [0, 0.05) is 25.1 Å². The minimum absolute atomic E-state index is 0.0339. The molecule has 0 saturated heterocycles. The van der Waals surface area contributed by atoms with E-state index in [-0.39, 0.29) is 30.9 Å². The van der Waals surface area contributed by atoms with E-state index in [1.807, 2.05) is 6.92 Å². The van der Waals surface area contributed by atoms with Gasteiger partial charge in [-0.25, -0.2) is 4.98 Å². The number of aliphatic hydroxyl groups is 1. The van der Waals surface area contributed by atoms with Crippen LogP contribution in [0.15, 0.2) is 30.6 Å². The third-order valence-corrected chi connectivity index (χ3v) is 5.13. The molecule has 9 heteroatoms. The minimum atomic E-state index is -0.537. The van der Waals surface area contributed by atoms with Crippen molar-refractivity contribution in [3.05, 3.63) is 36.2 Å². The van der Waals surface area contributed by atoms with Gasteiger partial charge >= 0.3 is 0 Å². The summed E-state index contributed by atoms with van der Waals surface area (Å²) >= 11 is 0. The molecule has 2 amide bonds. The van der Waals surface area contributed by atoms with Gasteiger partial charge in [0.25, 0.3) is 0 Å². The topological polar surface area (TPSA) is 131 Å². The predicted octanol–water partition coefficient (Wildman–Crippen LogP) is 2.00. The van der Waals surface area contributed by atoms with Gasteiger partial charge in [-0.3, -0.25) is 14.6 Å². The maximum absolute atomic E-state index is 12.6. The van der Waals surface area contributed by atoms with E-state index in [9.17, 15) is 14.9 Å². The molecule has 1 aromatic heterocycles. The highest BCUT2D eigenvalue weighted by Crippen LogP contribution is 2.30. The second-order valence-electron chi connectivity index (χ2n) is 7.51. The van der Waals surface area contributed by atoms with Crippen LogP contribution in [0.2, 0.25) is 0 Å². The lowest BCUT2D eigenvalue weighted by molar-refractivity contribution is -0.131. The van der Waals surface area contributed by atoms with Gasteiger partial charge in [-0.05, 0) is 31.4 Å². The highest BCUT2D eigenvalue weighted by molar-refractivity contribution is 5.93. The summed E-state index contributed by atoms with van der Waals surface area (Å²) in [5, 5.41) is 24.5. The van der Waals surface area contributed by atoms with Crippen molar-refractivity contribution >= 4 is 23.3 Å². The number of nitriles is 1. The average molecular weight is 422 g/mol. The molecule has 162 valence electrons. The fraction of sp³-hybridized carbons (Fsp3) is 0.409. The summed E-state index contributed by atoms with van der Waals surface area (Å²) in [6, 6.07) is 6.78. The second kappa shape index (κ2) is 10.00. The third-order valence-electron chi connectivity index (χ3n) is 5.13. The zero-order chi connectivity index (χ0) is 22.4. The zero-order valence-corrected chi connectivity index (χ0v) is 17.6. The number of benzene rings is 1. The number of hydrogen-bond donors (Lipinski definition) is 3. The summed E-state index contributed by atoms with van der Waals surface area (Å²) in [5.41, 5.74) is 2.22. The molecule has 1 aromatic carbocycles. The van der Waals surface area contributed by atoms with Gasteiger partial charge in [0.15, 0.2) is 5.82 Å². The molecular weight excluding hydrogens is 396 g/mol. The number of carbonyl (C=O) groups excluding carboxylic acids is 2. The summed E-state index contributed by atoms with van der Waals surface area (Å²) in [7, 11) is 1.63. The van der Waals surface area contributed by atoms with Crippen LogP contribution in [-0.4, -0.2) is 58.0 Å². The Kier molecular flexibility index (Phi) is 7.15.